The fourth-order valence-electron chi connectivity index (χ4n) is 1.86. The van der Waals surface area contributed by atoms with Crippen LogP contribution in [0.2, 0.25) is 0 Å². The minimum atomic E-state index is -3.46. The van der Waals surface area contributed by atoms with Crippen molar-refractivity contribution in [3.05, 3.63) is 34.4 Å². The SMILES string of the molecule is O=[N+]([O-])c1cccc(S(=O)(=O)C2CCNC2)c1. The van der Waals surface area contributed by atoms with Gasteiger partial charge in [0.1, 0.15) is 0 Å². The van der Waals surface area contributed by atoms with E-state index in [1.54, 1.807) is 0 Å². The second-order valence-electron chi connectivity index (χ2n) is 3.91. The largest absolute Gasteiger partial charge is 0.315 e. The molecule has 1 aliphatic heterocycles. The van der Waals surface area contributed by atoms with Gasteiger partial charge in [-0.05, 0) is 19.0 Å². The highest BCUT2D eigenvalue weighted by atomic mass is 32.2. The second-order valence-corrected chi connectivity index (χ2v) is 6.14. The molecule has 0 aromatic heterocycles. The Bertz CT molecular complexity index is 535. The molecule has 1 heterocycles. The van der Waals surface area contributed by atoms with E-state index in [0.717, 1.165) is 6.07 Å². The third kappa shape index (κ3) is 2.29. The molecule has 0 spiro atoms. The number of rotatable bonds is 3. The summed E-state index contributed by atoms with van der Waals surface area (Å²) in [6.45, 7) is 1.07. The van der Waals surface area contributed by atoms with Gasteiger partial charge in [0.2, 0.25) is 0 Å². The number of hydrogen-bond acceptors (Lipinski definition) is 5. The Morgan fingerprint density at radius 3 is 2.76 bits per heavy atom. The predicted molar refractivity (Wildman–Crippen MR) is 61.6 cm³/mol. The molecule has 2 rings (SSSR count). The first-order valence-electron chi connectivity index (χ1n) is 5.21. The minimum Gasteiger partial charge on any atom is -0.315 e. The molecule has 92 valence electrons. The van der Waals surface area contributed by atoms with Crippen LogP contribution in [-0.2, 0) is 9.84 Å². The molecule has 0 radical (unpaired) electrons. The molecule has 1 unspecified atom stereocenters. The van der Waals surface area contributed by atoms with Gasteiger partial charge in [-0.25, -0.2) is 8.42 Å². The molecule has 1 atom stereocenters. The standard InChI is InChI=1S/C10H12N2O4S/c13-12(14)8-2-1-3-9(6-8)17(15,16)10-4-5-11-7-10/h1-3,6,10-11H,4-5,7H2. The van der Waals surface area contributed by atoms with E-state index < -0.39 is 20.0 Å². The highest BCUT2D eigenvalue weighted by Gasteiger charge is 2.30. The van der Waals surface area contributed by atoms with Crippen LogP contribution in [0.25, 0.3) is 0 Å². The molecule has 6 nitrogen and oxygen atoms in total. The van der Waals surface area contributed by atoms with E-state index in [1.165, 1.54) is 18.2 Å². The first-order chi connectivity index (χ1) is 8.01. The lowest BCUT2D eigenvalue weighted by atomic mass is 10.3. The lowest BCUT2D eigenvalue weighted by Crippen LogP contribution is -2.24. The zero-order valence-electron chi connectivity index (χ0n) is 9.00. The number of hydrogen-bond donors (Lipinski definition) is 1. The minimum absolute atomic E-state index is 0.0281. The Labute approximate surface area is 98.7 Å². The first kappa shape index (κ1) is 12.0. The van der Waals surface area contributed by atoms with Crippen LogP contribution in [0.15, 0.2) is 29.2 Å². The lowest BCUT2D eigenvalue weighted by Gasteiger charge is -2.09. The molecule has 0 bridgehead atoms. The second kappa shape index (κ2) is 4.42. The van der Waals surface area contributed by atoms with Crippen LogP contribution >= 0.6 is 0 Å². The van der Waals surface area contributed by atoms with Gasteiger partial charge < -0.3 is 5.32 Å². The molecular formula is C10H12N2O4S. The third-order valence-corrected chi connectivity index (χ3v) is 5.00. The lowest BCUT2D eigenvalue weighted by molar-refractivity contribution is -0.385. The highest BCUT2D eigenvalue weighted by Crippen LogP contribution is 2.23. The topological polar surface area (TPSA) is 89.3 Å². The van der Waals surface area contributed by atoms with Crippen molar-refractivity contribution in [2.45, 2.75) is 16.6 Å². The summed E-state index contributed by atoms with van der Waals surface area (Å²) in [5, 5.41) is 13.1. The summed E-state index contributed by atoms with van der Waals surface area (Å²) in [6, 6.07) is 5.20. The molecule has 17 heavy (non-hydrogen) atoms. The molecule has 1 aromatic carbocycles. The fraction of sp³-hybridized carbons (Fsp3) is 0.400. The average molecular weight is 256 g/mol. The number of nitro benzene ring substituents is 1. The number of nitrogens with zero attached hydrogens (tertiary/aromatic N) is 1. The predicted octanol–water partition coefficient (Wildman–Crippen LogP) is 0.730. The van der Waals surface area contributed by atoms with Crippen LogP contribution < -0.4 is 5.32 Å². The van der Waals surface area contributed by atoms with Crippen molar-refractivity contribution in [3.8, 4) is 0 Å². The molecule has 0 amide bonds. The van der Waals surface area contributed by atoms with E-state index in [0.29, 0.717) is 19.5 Å². The number of nitrogens with one attached hydrogen (secondary N) is 1. The summed E-state index contributed by atoms with van der Waals surface area (Å²) in [7, 11) is -3.46. The van der Waals surface area contributed by atoms with Crippen LogP contribution in [-0.4, -0.2) is 31.7 Å². The van der Waals surface area contributed by atoms with Gasteiger partial charge >= 0.3 is 0 Å². The molecule has 0 aliphatic carbocycles. The van der Waals surface area contributed by atoms with Gasteiger partial charge in [-0.15, -0.1) is 0 Å². The quantitative estimate of drug-likeness (QED) is 0.636. The van der Waals surface area contributed by atoms with Gasteiger partial charge in [-0.3, -0.25) is 10.1 Å². The van der Waals surface area contributed by atoms with Gasteiger partial charge in [0, 0.05) is 18.7 Å². The third-order valence-electron chi connectivity index (χ3n) is 2.81. The van der Waals surface area contributed by atoms with Crippen LogP contribution in [0, 0.1) is 10.1 Å². The van der Waals surface area contributed by atoms with E-state index >= 15 is 0 Å². The smallest absolute Gasteiger partial charge is 0.270 e. The fourth-order valence-corrected chi connectivity index (χ4v) is 3.56. The Balaban J connectivity index is 2.39. The first-order valence-corrected chi connectivity index (χ1v) is 6.75. The van der Waals surface area contributed by atoms with Gasteiger partial charge in [0.15, 0.2) is 9.84 Å². The summed E-state index contributed by atoms with van der Waals surface area (Å²) in [5.74, 6) is 0. The van der Waals surface area contributed by atoms with Crippen molar-refractivity contribution in [3.63, 3.8) is 0 Å². The molecule has 1 aromatic rings. The molecule has 1 fully saturated rings. The molecule has 1 N–H and O–H groups in total. The molecule has 1 aliphatic rings. The van der Waals surface area contributed by atoms with E-state index in [9.17, 15) is 18.5 Å². The summed E-state index contributed by atoms with van der Waals surface area (Å²) in [5.41, 5.74) is -0.197. The Morgan fingerprint density at radius 2 is 2.18 bits per heavy atom. The summed E-state index contributed by atoms with van der Waals surface area (Å²) in [4.78, 5) is 10.0. The van der Waals surface area contributed by atoms with E-state index in [4.69, 9.17) is 0 Å². The van der Waals surface area contributed by atoms with E-state index in [2.05, 4.69) is 5.32 Å². The van der Waals surface area contributed by atoms with Crippen LogP contribution in [0.5, 0.6) is 0 Å². The Morgan fingerprint density at radius 1 is 1.41 bits per heavy atom. The van der Waals surface area contributed by atoms with Crippen molar-refractivity contribution < 1.29 is 13.3 Å². The van der Waals surface area contributed by atoms with Crippen molar-refractivity contribution >= 4 is 15.5 Å². The number of non-ortho nitro benzene ring substituents is 1. The van der Waals surface area contributed by atoms with Crippen molar-refractivity contribution in [2.24, 2.45) is 0 Å². The summed E-state index contributed by atoms with van der Waals surface area (Å²) in [6.07, 6.45) is 0.547. The number of nitro groups is 1. The maximum absolute atomic E-state index is 12.1. The van der Waals surface area contributed by atoms with Gasteiger partial charge in [-0.2, -0.15) is 0 Å². The average Bonchev–Trinajstić information content (AvgIpc) is 2.83. The summed E-state index contributed by atoms with van der Waals surface area (Å²) < 4.78 is 24.3. The number of sulfone groups is 1. The Hall–Kier alpha value is -1.47. The molecule has 7 heteroatoms. The highest BCUT2D eigenvalue weighted by molar-refractivity contribution is 7.92. The maximum Gasteiger partial charge on any atom is 0.270 e. The van der Waals surface area contributed by atoms with E-state index in [-0.39, 0.29) is 10.6 Å². The van der Waals surface area contributed by atoms with Gasteiger partial charge in [0.05, 0.1) is 15.1 Å². The normalized spacial score (nSPS) is 20.4. The molecule has 0 saturated carbocycles. The van der Waals surface area contributed by atoms with Crippen LogP contribution in [0.1, 0.15) is 6.42 Å². The van der Waals surface area contributed by atoms with E-state index in [1.807, 2.05) is 0 Å². The zero-order chi connectivity index (χ0) is 12.5. The van der Waals surface area contributed by atoms with Gasteiger partial charge in [-0.1, -0.05) is 6.07 Å². The maximum atomic E-state index is 12.1. The summed E-state index contributed by atoms with van der Waals surface area (Å²) >= 11 is 0. The number of benzene rings is 1. The van der Waals surface area contributed by atoms with Gasteiger partial charge in [0.25, 0.3) is 5.69 Å². The van der Waals surface area contributed by atoms with Crippen LogP contribution in [0.4, 0.5) is 5.69 Å². The van der Waals surface area contributed by atoms with Crippen LogP contribution in [0.3, 0.4) is 0 Å². The van der Waals surface area contributed by atoms with Crippen molar-refractivity contribution in [2.75, 3.05) is 13.1 Å². The molecule has 1 saturated heterocycles. The monoisotopic (exact) mass is 256 g/mol. The molecular weight excluding hydrogens is 244 g/mol. The van der Waals surface area contributed by atoms with Crippen molar-refractivity contribution in [1.82, 2.24) is 5.32 Å². The zero-order valence-corrected chi connectivity index (χ0v) is 9.81. The Kier molecular flexibility index (Phi) is 3.12. The van der Waals surface area contributed by atoms with Crippen molar-refractivity contribution in [1.29, 1.82) is 0 Å².